The van der Waals surface area contributed by atoms with Crippen LogP contribution in [0.3, 0.4) is 0 Å². The number of sulfone groups is 1. The second-order valence-corrected chi connectivity index (χ2v) is 8.94. The van der Waals surface area contributed by atoms with E-state index in [1.54, 1.807) is 19.3 Å². The van der Waals surface area contributed by atoms with Gasteiger partial charge in [-0.05, 0) is 24.1 Å². The molecule has 0 saturated carbocycles. The smallest absolute Gasteiger partial charge is 0.272 e. The van der Waals surface area contributed by atoms with Crippen LogP contribution in [-0.2, 0) is 16.4 Å². The molecule has 1 saturated heterocycles. The summed E-state index contributed by atoms with van der Waals surface area (Å²) in [7, 11) is 0.576. The van der Waals surface area contributed by atoms with E-state index >= 15 is 0 Å². The van der Waals surface area contributed by atoms with Crippen molar-refractivity contribution in [3.8, 4) is 0 Å². The molecule has 0 bridgehead atoms. The van der Waals surface area contributed by atoms with Crippen LogP contribution in [0.2, 0.25) is 0 Å². The molecule has 0 N–H and O–H groups in total. The van der Waals surface area contributed by atoms with Crippen LogP contribution in [0.15, 0.2) is 48.7 Å². The molecule has 0 aliphatic carbocycles. The van der Waals surface area contributed by atoms with Crippen LogP contribution >= 0.6 is 0 Å². The summed E-state index contributed by atoms with van der Waals surface area (Å²) in [6.07, 6.45) is 2.10. The highest BCUT2D eigenvalue weighted by molar-refractivity contribution is 7.91. The third kappa shape index (κ3) is 4.22. The fourth-order valence-electron chi connectivity index (χ4n) is 3.15. The molecule has 1 aromatic carbocycles. The number of anilines is 1. The monoisotopic (exact) mass is 373 g/mol. The number of nitrogens with zero attached hydrogens (tertiary/aromatic N) is 3. The van der Waals surface area contributed by atoms with E-state index in [2.05, 4.69) is 17.1 Å². The highest BCUT2D eigenvalue weighted by Crippen LogP contribution is 2.20. The summed E-state index contributed by atoms with van der Waals surface area (Å²) in [5, 5.41) is 0. The molecule has 1 aliphatic rings. The summed E-state index contributed by atoms with van der Waals surface area (Å²) in [6, 6.07) is 13.4. The van der Waals surface area contributed by atoms with Gasteiger partial charge in [-0.15, -0.1) is 0 Å². The van der Waals surface area contributed by atoms with Gasteiger partial charge >= 0.3 is 0 Å². The van der Waals surface area contributed by atoms with E-state index in [1.807, 2.05) is 36.2 Å². The van der Waals surface area contributed by atoms with Gasteiger partial charge in [-0.25, -0.2) is 8.42 Å². The van der Waals surface area contributed by atoms with Gasteiger partial charge < -0.3 is 9.80 Å². The highest BCUT2D eigenvalue weighted by atomic mass is 32.2. The van der Waals surface area contributed by atoms with E-state index in [0.29, 0.717) is 12.1 Å². The molecular weight excluding hydrogens is 350 g/mol. The molecule has 1 unspecified atom stereocenters. The van der Waals surface area contributed by atoms with Crippen LogP contribution in [0.1, 0.15) is 22.5 Å². The predicted molar refractivity (Wildman–Crippen MR) is 102 cm³/mol. The number of pyridine rings is 1. The minimum Gasteiger partial charge on any atom is -0.370 e. The lowest BCUT2D eigenvalue weighted by Crippen LogP contribution is -2.38. The summed E-state index contributed by atoms with van der Waals surface area (Å²) in [6.45, 7) is 0.717. The van der Waals surface area contributed by atoms with Gasteiger partial charge in [-0.2, -0.15) is 0 Å². The predicted octanol–water partition coefficient (Wildman–Crippen LogP) is 1.98. The zero-order valence-corrected chi connectivity index (χ0v) is 15.8. The number of carbonyl (C=O) groups excluding carboxylic acids is 1. The molecule has 1 aromatic heterocycles. The number of rotatable bonds is 5. The SMILES string of the molecule is CN(Cc1ccccc1)c1ccnc(C(=O)N(C)C2CCS(=O)(=O)C2)c1. The Bertz CT molecular complexity index is 884. The van der Waals surface area contributed by atoms with Crippen molar-refractivity contribution in [1.29, 1.82) is 0 Å². The molecule has 0 spiro atoms. The summed E-state index contributed by atoms with van der Waals surface area (Å²) in [4.78, 5) is 20.5. The second kappa shape index (κ2) is 7.45. The van der Waals surface area contributed by atoms with E-state index in [1.165, 1.54) is 10.5 Å². The standard InChI is InChI=1S/C19H23N3O3S/c1-21(13-15-6-4-3-5-7-15)16-8-10-20-18(12-16)19(23)22(2)17-9-11-26(24,25)14-17/h3-8,10,12,17H,9,11,13-14H2,1-2H3. The lowest BCUT2D eigenvalue weighted by atomic mass is 10.2. The maximum atomic E-state index is 12.7. The van der Waals surface area contributed by atoms with E-state index in [0.717, 1.165) is 12.2 Å². The van der Waals surface area contributed by atoms with Gasteiger partial charge in [-0.3, -0.25) is 9.78 Å². The van der Waals surface area contributed by atoms with Crippen LogP contribution in [0.5, 0.6) is 0 Å². The third-order valence-electron chi connectivity index (χ3n) is 4.74. The lowest BCUT2D eigenvalue weighted by molar-refractivity contribution is 0.0742. The van der Waals surface area contributed by atoms with Gasteiger partial charge in [0.15, 0.2) is 9.84 Å². The van der Waals surface area contributed by atoms with Gasteiger partial charge in [0.2, 0.25) is 0 Å². The number of aromatic nitrogens is 1. The van der Waals surface area contributed by atoms with Gasteiger partial charge in [0.05, 0.1) is 11.5 Å². The molecule has 1 atom stereocenters. The molecule has 1 aliphatic heterocycles. The van der Waals surface area contributed by atoms with Crippen molar-refractivity contribution in [2.45, 2.75) is 19.0 Å². The van der Waals surface area contributed by atoms with Crippen molar-refractivity contribution in [2.24, 2.45) is 0 Å². The first kappa shape index (κ1) is 18.4. The summed E-state index contributed by atoms with van der Waals surface area (Å²) < 4.78 is 23.3. The second-order valence-electron chi connectivity index (χ2n) is 6.71. The molecule has 7 heteroatoms. The normalized spacial score (nSPS) is 18.5. The highest BCUT2D eigenvalue weighted by Gasteiger charge is 2.33. The molecule has 138 valence electrons. The van der Waals surface area contributed by atoms with Crippen LogP contribution in [0, 0.1) is 0 Å². The van der Waals surface area contributed by atoms with Crippen LogP contribution in [-0.4, -0.2) is 55.9 Å². The minimum atomic E-state index is -3.03. The van der Waals surface area contributed by atoms with E-state index < -0.39 is 9.84 Å². The van der Waals surface area contributed by atoms with Gasteiger partial charge in [0.25, 0.3) is 5.91 Å². The van der Waals surface area contributed by atoms with Crippen LogP contribution in [0.4, 0.5) is 5.69 Å². The quantitative estimate of drug-likeness (QED) is 0.801. The Morgan fingerprint density at radius 1 is 1.19 bits per heavy atom. The molecule has 6 nitrogen and oxygen atoms in total. The number of amides is 1. The Morgan fingerprint density at radius 3 is 2.58 bits per heavy atom. The molecule has 0 radical (unpaired) electrons. The van der Waals surface area contributed by atoms with E-state index in [-0.39, 0.29) is 23.5 Å². The van der Waals surface area contributed by atoms with Gasteiger partial charge in [-0.1, -0.05) is 30.3 Å². The van der Waals surface area contributed by atoms with Crippen molar-refractivity contribution in [1.82, 2.24) is 9.88 Å². The van der Waals surface area contributed by atoms with Crippen molar-refractivity contribution in [3.05, 3.63) is 59.9 Å². The van der Waals surface area contributed by atoms with Crippen LogP contribution in [0.25, 0.3) is 0 Å². The zero-order chi connectivity index (χ0) is 18.7. The first-order valence-electron chi connectivity index (χ1n) is 8.54. The Kier molecular flexibility index (Phi) is 5.27. The van der Waals surface area contributed by atoms with Gasteiger partial charge in [0.1, 0.15) is 5.69 Å². The lowest BCUT2D eigenvalue weighted by Gasteiger charge is -2.24. The fraction of sp³-hybridized carbons (Fsp3) is 0.368. The maximum Gasteiger partial charge on any atom is 0.272 e. The number of hydrogen-bond donors (Lipinski definition) is 0. The number of carbonyl (C=O) groups is 1. The number of benzene rings is 1. The van der Waals surface area contributed by atoms with Crippen molar-refractivity contribution in [3.63, 3.8) is 0 Å². The molecule has 2 aromatic rings. The van der Waals surface area contributed by atoms with Crippen molar-refractivity contribution >= 4 is 21.4 Å². The largest absolute Gasteiger partial charge is 0.370 e. The molecule has 3 rings (SSSR count). The maximum absolute atomic E-state index is 12.7. The topological polar surface area (TPSA) is 70.6 Å². The number of hydrogen-bond acceptors (Lipinski definition) is 5. The zero-order valence-electron chi connectivity index (χ0n) is 15.0. The molecule has 2 heterocycles. The molecular formula is C19H23N3O3S. The molecule has 26 heavy (non-hydrogen) atoms. The van der Waals surface area contributed by atoms with Gasteiger partial charge in [0, 0.05) is 38.6 Å². The van der Waals surface area contributed by atoms with Crippen molar-refractivity contribution < 1.29 is 13.2 Å². The first-order chi connectivity index (χ1) is 12.4. The summed E-state index contributed by atoms with van der Waals surface area (Å²) >= 11 is 0. The Labute approximate surface area is 154 Å². The molecule has 1 amide bonds. The van der Waals surface area contributed by atoms with E-state index in [4.69, 9.17) is 0 Å². The summed E-state index contributed by atoms with van der Waals surface area (Å²) in [5.74, 6) is -0.0761. The summed E-state index contributed by atoms with van der Waals surface area (Å²) in [5.41, 5.74) is 2.39. The Hall–Kier alpha value is -2.41. The fourth-order valence-corrected chi connectivity index (χ4v) is 4.92. The van der Waals surface area contributed by atoms with Crippen LogP contribution < -0.4 is 4.90 Å². The third-order valence-corrected chi connectivity index (χ3v) is 6.49. The average molecular weight is 373 g/mol. The molecule has 1 fully saturated rings. The average Bonchev–Trinajstić information content (AvgIpc) is 3.01. The van der Waals surface area contributed by atoms with Crippen molar-refractivity contribution in [2.75, 3.05) is 30.5 Å². The van der Waals surface area contributed by atoms with E-state index in [9.17, 15) is 13.2 Å². The Balaban J connectivity index is 1.73. The Morgan fingerprint density at radius 2 is 1.92 bits per heavy atom. The minimum absolute atomic E-state index is 0.0306. The first-order valence-corrected chi connectivity index (χ1v) is 10.4.